The SMILES string of the molecule is O=[N+]([O-])c1ccc(NS(=O)(=O)c2cccc(Cl)c2Cl)cc1C(F)(F)F. The van der Waals surface area contributed by atoms with Gasteiger partial charge in [0.15, 0.2) is 0 Å². The van der Waals surface area contributed by atoms with Gasteiger partial charge in [-0.3, -0.25) is 14.8 Å². The predicted octanol–water partition coefficient (Wildman–Crippen LogP) is 4.72. The maximum atomic E-state index is 12.9. The highest BCUT2D eigenvalue weighted by molar-refractivity contribution is 7.92. The molecule has 1 N–H and O–H groups in total. The average molecular weight is 415 g/mol. The molecule has 0 aromatic heterocycles. The van der Waals surface area contributed by atoms with E-state index in [1.165, 1.54) is 12.1 Å². The van der Waals surface area contributed by atoms with Crippen LogP contribution < -0.4 is 4.72 Å². The Morgan fingerprint density at radius 2 is 1.76 bits per heavy atom. The molecule has 12 heteroatoms. The van der Waals surface area contributed by atoms with E-state index in [1.807, 2.05) is 4.72 Å². The van der Waals surface area contributed by atoms with Gasteiger partial charge in [-0.25, -0.2) is 8.42 Å². The maximum Gasteiger partial charge on any atom is 0.423 e. The highest BCUT2D eigenvalue weighted by atomic mass is 35.5. The van der Waals surface area contributed by atoms with Gasteiger partial charge in [0.05, 0.1) is 15.0 Å². The summed E-state index contributed by atoms with van der Waals surface area (Å²) in [7, 11) is -4.37. The van der Waals surface area contributed by atoms with Gasteiger partial charge in [-0.1, -0.05) is 29.3 Å². The third-order valence-electron chi connectivity index (χ3n) is 2.96. The molecular weight excluding hydrogens is 408 g/mol. The number of nitrogens with zero attached hydrogens (tertiary/aromatic N) is 1. The number of benzene rings is 2. The van der Waals surface area contributed by atoms with Crippen molar-refractivity contribution >= 4 is 44.6 Å². The smallest absolute Gasteiger partial charge is 0.280 e. The van der Waals surface area contributed by atoms with Crippen LogP contribution >= 0.6 is 23.2 Å². The average Bonchev–Trinajstić information content (AvgIpc) is 2.48. The first-order chi connectivity index (χ1) is 11.4. The van der Waals surface area contributed by atoms with Crippen LogP contribution in [0.25, 0.3) is 0 Å². The molecule has 6 nitrogen and oxygen atoms in total. The van der Waals surface area contributed by atoms with Crippen molar-refractivity contribution in [3.63, 3.8) is 0 Å². The molecule has 0 bridgehead atoms. The summed E-state index contributed by atoms with van der Waals surface area (Å²) in [4.78, 5) is 9.04. The van der Waals surface area contributed by atoms with Crippen LogP contribution in [0.1, 0.15) is 5.56 Å². The fourth-order valence-electron chi connectivity index (χ4n) is 1.89. The first-order valence-corrected chi connectivity index (χ1v) is 8.50. The molecule has 0 heterocycles. The number of sulfonamides is 1. The van der Waals surface area contributed by atoms with Crippen LogP contribution in [0, 0.1) is 10.1 Å². The zero-order valence-corrected chi connectivity index (χ0v) is 14.2. The van der Waals surface area contributed by atoms with Crippen LogP contribution in [0.3, 0.4) is 0 Å². The molecule has 0 saturated carbocycles. The van der Waals surface area contributed by atoms with E-state index in [0.29, 0.717) is 12.1 Å². The van der Waals surface area contributed by atoms with Crippen LogP contribution in [0.5, 0.6) is 0 Å². The maximum absolute atomic E-state index is 12.9. The van der Waals surface area contributed by atoms with E-state index in [4.69, 9.17) is 23.2 Å². The number of nitrogens with one attached hydrogen (secondary N) is 1. The molecule has 2 aromatic rings. The molecule has 0 unspecified atom stereocenters. The minimum atomic E-state index is -5.04. The Morgan fingerprint density at radius 1 is 1.12 bits per heavy atom. The second-order valence-corrected chi connectivity index (χ2v) is 7.08. The van der Waals surface area contributed by atoms with E-state index in [0.717, 1.165) is 12.1 Å². The lowest BCUT2D eigenvalue weighted by molar-refractivity contribution is -0.388. The van der Waals surface area contributed by atoms with Gasteiger partial charge >= 0.3 is 6.18 Å². The van der Waals surface area contributed by atoms with Crippen molar-refractivity contribution in [2.24, 2.45) is 0 Å². The Balaban J connectivity index is 2.50. The number of hydrogen-bond donors (Lipinski definition) is 1. The van der Waals surface area contributed by atoms with Gasteiger partial charge in [0, 0.05) is 11.8 Å². The minimum Gasteiger partial charge on any atom is -0.280 e. The largest absolute Gasteiger partial charge is 0.423 e. The lowest BCUT2D eigenvalue weighted by Gasteiger charge is -2.12. The summed E-state index contributed by atoms with van der Waals surface area (Å²) in [6, 6.07) is 5.45. The number of anilines is 1. The number of nitro benzene ring substituents is 1. The highest BCUT2D eigenvalue weighted by Crippen LogP contribution is 2.38. The van der Waals surface area contributed by atoms with Crippen molar-refractivity contribution in [1.82, 2.24) is 0 Å². The minimum absolute atomic E-state index is 0.0655. The summed E-state index contributed by atoms with van der Waals surface area (Å²) in [6.07, 6.45) is -5.04. The summed E-state index contributed by atoms with van der Waals surface area (Å²) < 4.78 is 65.3. The van der Waals surface area contributed by atoms with Crippen LogP contribution in [0.2, 0.25) is 10.0 Å². The molecule has 0 aliphatic heterocycles. The van der Waals surface area contributed by atoms with Gasteiger partial charge < -0.3 is 0 Å². The van der Waals surface area contributed by atoms with E-state index in [-0.39, 0.29) is 10.0 Å². The van der Waals surface area contributed by atoms with Gasteiger partial charge in [0.2, 0.25) is 0 Å². The molecule has 134 valence electrons. The van der Waals surface area contributed by atoms with Crippen molar-refractivity contribution < 1.29 is 26.5 Å². The number of alkyl halides is 3. The topological polar surface area (TPSA) is 89.3 Å². The van der Waals surface area contributed by atoms with Crippen LogP contribution in [0.4, 0.5) is 24.5 Å². The van der Waals surface area contributed by atoms with Gasteiger partial charge in [0.1, 0.15) is 10.5 Å². The lowest BCUT2D eigenvalue weighted by atomic mass is 10.1. The second-order valence-electron chi connectivity index (χ2n) is 4.64. The molecule has 25 heavy (non-hydrogen) atoms. The van der Waals surface area contributed by atoms with E-state index in [2.05, 4.69) is 0 Å². The Morgan fingerprint density at radius 3 is 2.32 bits per heavy atom. The number of hydrogen-bond acceptors (Lipinski definition) is 4. The molecule has 0 atom stereocenters. The molecule has 2 aromatic carbocycles. The Kier molecular flexibility index (Phi) is 5.17. The molecule has 0 spiro atoms. The van der Waals surface area contributed by atoms with E-state index in [1.54, 1.807) is 0 Å². The first-order valence-electron chi connectivity index (χ1n) is 6.26. The normalized spacial score (nSPS) is 12.0. The first kappa shape index (κ1) is 19.3. The molecule has 2 rings (SSSR count). The number of rotatable bonds is 4. The molecular formula is C13H7Cl2F3N2O4S. The lowest BCUT2D eigenvalue weighted by Crippen LogP contribution is -2.15. The molecule has 0 saturated heterocycles. The predicted molar refractivity (Wildman–Crippen MR) is 85.4 cm³/mol. The van der Waals surface area contributed by atoms with Crippen LogP contribution in [-0.4, -0.2) is 13.3 Å². The van der Waals surface area contributed by atoms with E-state index >= 15 is 0 Å². The third kappa shape index (κ3) is 4.14. The van der Waals surface area contributed by atoms with E-state index in [9.17, 15) is 31.7 Å². The molecule has 0 aliphatic rings. The van der Waals surface area contributed by atoms with Crippen LogP contribution in [0.15, 0.2) is 41.3 Å². The highest BCUT2D eigenvalue weighted by Gasteiger charge is 2.38. The number of nitro groups is 1. The fraction of sp³-hybridized carbons (Fsp3) is 0.0769. The zero-order chi connectivity index (χ0) is 19.0. The Labute approximate surface area is 149 Å². The summed E-state index contributed by atoms with van der Waals surface area (Å²) in [5, 5.41) is 10.3. The van der Waals surface area contributed by atoms with Crippen molar-refractivity contribution in [2.75, 3.05) is 4.72 Å². The molecule has 0 amide bonds. The van der Waals surface area contributed by atoms with Crippen molar-refractivity contribution in [2.45, 2.75) is 11.1 Å². The van der Waals surface area contributed by atoms with E-state index < -0.39 is 43.0 Å². The Bertz CT molecular complexity index is 949. The Hall–Kier alpha value is -2.04. The summed E-state index contributed by atoms with van der Waals surface area (Å²) >= 11 is 11.5. The van der Waals surface area contributed by atoms with Crippen molar-refractivity contribution in [3.8, 4) is 0 Å². The summed E-state index contributed by atoms with van der Waals surface area (Å²) in [5.41, 5.74) is -3.31. The fourth-order valence-corrected chi connectivity index (χ4v) is 3.70. The van der Waals surface area contributed by atoms with Crippen molar-refractivity contribution in [1.29, 1.82) is 0 Å². The van der Waals surface area contributed by atoms with Gasteiger partial charge in [0.25, 0.3) is 15.7 Å². The zero-order valence-electron chi connectivity index (χ0n) is 11.8. The third-order valence-corrected chi connectivity index (χ3v) is 5.31. The number of halogens is 5. The quantitative estimate of drug-likeness (QED) is 0.578. The summed E-state index contributed by atoms with van der Waals surface area (Å²) in [5.74, 6) is 0. The van der Waals surface area contributed by atoms with Gasteiger partial charge in [-0.05, 0) is 24.3 Å². The summed E-state index contributed by atoms with van der Waals surface area (Å²) in [6.45, 7) is 0. The molecule has 0 fully saturated rings. The standard InChI is InChI=1S/C13H7Cl2F3N2O4S/c14-9-2-1-3-11(12(9)15)25(23,24)19-7-4-5-10(20(21)22)8(6-7)13(16,17)18/h1-6,19H. The van der Waals surface area contributed by atoms with Gasteiger partial charge in [-0.2, -0.15) is 13.2 Å². The van der Waals surface area contributed by atoms with Crippen LogP contribution in [-0.2, 0) is 16.2 Å². The van der Waals surface area contributed by atoms with Crippen molar-refractivity contribution in [3.05, 3.63) is 62.1 Å². The monoisotopic (exact) mass is 414 g/mol. The van der Waals surface area contributed by atoms with Gasteiger partial charge in [-0.15, -0.1) is 0 Å². The molecule has 0 radical (unpaired) electrons. The second kappa shape index (κ2) is 6.70. The molecule has 0 aliphatic carbocycles.